The fourth-order valence-corrected chi connectivity index (χ4v) is 9.27. The van der Waals surface area contributed by atoms with Crippen molar-refractivity contribution in [2.24, 2.45) is 0 Å². The van der Waals surface area contributed by atoms with Gasteiger partial charge in [0.25, 0.3) is 0 Å². The number of phenols is 1. The maximum absolute atomic E-state index is 9.95. The lowest BCUT2D eigenvalue weighted by Gasteiger charge is -2.28. The Morgan fingerprint density at radius 1 is 1.14 bits per heavy atom. The van der Waals surface area contributed by atoms with Crippen molar-refractivity contribution in [2.45, 2.75) is 25.7 Å². The summed E-state index contributed by atoms with van der Waals surface area (Å²) in [5.41, 5.74) is 2.12. The van der Waals surface area contributed by atoms with E-state index in [0.29, 0.717) is 5.75 Å². The summed E-state index contributed by atoms with van der Waals surface area (Å²) in [5, 5.41) is 11.3. The molecule has 2 rings (SSSR count). The van der Waals surface area contributed by atoms with Gasteiger partial charge in [0.2, 0.25) is 0 Å². The minimum absolute atomic E-state index is 0.372. The first-order valence-electron chi connectivity index (χ1n) is 7.58. The van der Waals surface area contributed by atoms with Crippen LogP contribution in [-0.2, 0) is 10.2 Å². The van der Waals surface area contributed by atoms with E-state index in [4.69, 9.17) is 4.12 Å². The van der Waals surface area contributed by atoms with Crippen molar-refractivity contribution in [3.05, 3.63) is 66.2 Å². The second-order valence-electron chi connectivity index (χ2n) is 6.20. The molecule has 1 atom stereocenters. The fraction of sp³-hybridized carbons (Fsp3) is 0.222. The van der Waals surface area contributed by atoms with E-state index in [0.717, 1.165) is 17.2 Å². The number of hydrogen-bond acceptors (Lipinski definition) is 2. The zero-order valence-corrected chi connectivity index (χ0v) is 15.7. The van der Waals surface area contributed by atoms with Gasteiger partial charge in [0.15, 0.2) is 17.4 Å². The maximum atomic E-state index is 9.95. The van der Waals surface area contributed by atoms with Gasteiger partial charge in [-0.25, -0.2) is 0 Å². The van der Waals surface area contributed by atoms with E-state index in [-0.39, 0.29) is 0 Å². The summed E-state index contributed by atoms with van der Waals surface area (Å²) in [4.78, 5) is 0. The fourth-order valence-electron chi connectivity index (χ4n) is 2.61. The van der Waals surface area contributed by atoms with Crippen LogP contribution in [0.3, 0.4) is 0 Å². The first-order valence-corrected chi connectivity index (χ1v) is 12.9. The third kappa shape index (κ3) is 4.43. The van der Waals surface area contributed by atoms with Crippen molar-refractivity contribution < 1.29 is 9.22 Å². The van der Waals surface area contributed by atoms with Gasteiger partial charge in [-0.3, -0.25) is 0 Å². The zero-order valence-electron chi connectivity index (χ0n) is 13.5. The molecule has 0 saturated heterocycles. The highest BCUT2D eigenvalue weighted by Crippen LogP contribution is 2.22. The summed E-state index contributed by atoms with van der Waals surface area (Å²) >= 11 is 0. The second-order valence-corrected chi connectivity index (χ2v) is 13.0. The predicted octanol–water partition coefficient (Wildman–Crippen LogP) is 3.60. The molecule has 22 heavy (non-hydrogen) atoms. The number of phenolic OH excluding ortho intramolecular Hbond substituents is 1. The average molecular weight is 329 g/mol. The molecule has 116 valence electrons. The number of hydrogen-bond donors (Lipinski definition) is 1. The third-order valence-corrected chi connectivity index (χ3v) is 10.3. The van der Waals surface area contributed by atoms with Gasteiger partial charge >= 0.3 is 0 Å². The van der Waals surface area contributed by atoms with E-state index in [1.54, 1.807) is 6.07 Å². The van der Waals surface area contributed by atoms with Crippen LogP contribution < -0.4 is 5.19 Å². The Labute approximate surface area is 136 Å². The van der Waals surface area contributed by atoms with Gasteiger partial charge in [0, 0.05) is 0 Å². The van der Waals surface area contributed by atoms with Crippen molar-refractivity contribution in [1.82, 2.24) is 0 Å². The van der Waals surface area contributed by atoms with Crippen molar-refractivity contribution in [2.75, 3.05) is 0 Å². The van der Waals surface area contributed by atoms with Gasteiger partial charge in [-0.2, -0.15) is 0 Å². The minimum atomic E-state index is -1.86. The smallest absolute Gasteiger partial charge is 0.192 e. The van der Waals surface area contributed by atoms with Crippen LogP contribution in [0.1, 0.15) is 11.1 Å². The van der Waals surface area contributed by atoms with Crippen LogP contribution in [0.25, 0.3) is 6.08 Å². The number of benzene rings is 2. The topological polar surface area (TPSA) is 29.5 Å². The standard InChI is InChI=1S/C18H24O2Si2/c1-5-15-10-12-17(13-11-15)21(2)20-22(3,4)14-16-8-6-7-9-18(16)19/h5-13,19,21H,1,14H2,2-4H3. The van der Waals surface area contributed by atoms with E-state index in [1.807, 2.05) is 24.3 Å². The lowest BCUT2D eigenvalue weighted by Crippen LogP contribution is -2.44. The van der Waals surface area contributed by atoms with Crippen LogP contribution in [0.4, 0.5) is 0 Å². The Kier molecular flexibility index (Phi) is 5.39. The molecule has 0 aliphatic rings. The summed E-state index contributed by atoms with van der Waals surface area (Å²) in [6.07, 6.45) is 1.85. The normalized spacial score (nSPS) is 12.9. The molecule has 0 aliphatic carbocycles. The number of para-hydroxylation sites is 1. The van der Waals surface area contributed by atoms with Crippen LogP contribution in [-0.4, -0.2) is 22.5 Å². The number of rotatable bonds is 6. The van der Waals surface area contributed by atoms with Crippen molar-refractivity contribution in [3.8, 4) is 5.75 Å². The molecule has 1 N–H and O–H groups in total. The molecular formula is C18H24O2Si2. The Balaban J connectivity index is 2.06. The molecule has 2 aromatic rings. The summed E-state index contributed by atoms with van der Waals surface area (Å²) in [5.74, 6) is 0.372. The van der Waals surface area contributed by atoms with E-state index in [9.17, 15) is 5.11 Å². The van der Waals surface area contributed by atoms with Crippen molar-refractivity contribution in [1.29, 1.82) is 0 Å². The van der Waals surface area contributed by atoms with Gasteiger partial charge in [0.1, 0.15) is 5.75 Å². The zero-order chi connectivity index (χ0) is 16.2. The Bertz CT molecular complexity index is 636. The van der Waals surface area contributed by atoms with Gasteiger partial charge < -0.3 is 9.22 Å². The quantitative estimate of drug-likeness (QED) is 0.821. The SMILES string of the molecule is C=Cc1ccc([SiH](C)O[Si](C)(C)Cc2ccccc2O)cc1. The van der Waals surface area contributed by atoms with Gasteiger partial charge in [-0.1, -0.05) is 55.1 Å². The number of aromatic hydroxyl groups is 1. The third-order valence-electron chi connectivity index (χ3n) is 3.75. The first kappa shape index (κ1) is 16.7. The van der Waals surface area contributed by atoms with Crippen LogP contribution >= 0.6 is 0 Å². The Morgan fingerprint density at radius 3 is 2.36 bits per heavy atom. The monoisotopic (exact) mass is 328 g/mol. The maximum Gasteiger partial charge on any atom is 0.192 e. The van der Waals surface area contributed by atoms with Crippen LogP contribution in [0.2, 0.25) is 19.6 Å². The Hall–Kier alpha value is -1.63. The largest absolute Gasteiger partial charge is 0.508 e. The van der Waals surface area contributed by atoms with Crippen LogP contribution in [0.5, 0.6) is 5.75 Å². The highest BCUT2D eigenvalue weighted by atomic mass is 28.4. The first-order chi connectivity index (χ1) is 10.4. The summed E-state index contributed by atoms with van der Waals surface area (Å²) in [6, 6.07) is 16.9. The lowest BCUT2D eigenvalue weighted by molar-refractivity contribution is 0.468. The molecule has 0 saturated carbocycles. The lowest BCUT2D eigenvalue weighted by atomic mass is 10.2. The molecule has 2 aromatic carbocycles. The van der Waals surface area contributed by atoms with E-state index >= 15 is 0 Å². The molecule has 0 heterocycles. The molecule has 0 aliphatic heterocycles. The van der Waals surface area contributed by atoms with E-state index in [2.05, 4.69) is 50.5 Å². The molecule has 0 amide bonds. The van der Waals surface area contributed by atoms with E-state index < -0.39 is 17.4 Å². The van der Waals surface area contributed by atoms with Gasteiger partial charge in [-0.15, -0.1) is 0 Å². The summed E-state index contributed by atoms with van der Waals surface area (Å²) in [7, 11) is -3.29. The average Bonchev–Trinajstić information content (AvgIpc) is 2.49. The van der Waals surface area contributed by atoms with Crippen molar-refractivity contribution >= 4 is 28.6 Å². The molecular weight excluding hydrogens is 304 g/mol. The molecule has 0 fully saturated rings. The molecule has 0 radical (unpaired) electrons. The van der Waals surface area contributed by atoms with Crippen molar-refractivity contribution in [3.63, 3.8) is 0 Å². The second kappa shape index (κ2) is 7.09. The Morgan fingerprint density at radius 2 is 1.77 bits per heavy atom. The predicted molar refractivity (Wildman–Crippen MR) is 99.6 cm³/mol. The molecule has 0 spiro atoms. The molecule has 4 heteroatoms. The van der Waals surface area contributed by atoms with Crippen LogP contribution in [0, 0.1) is 0 Å². The van der Waals surface area contributed by atoms with Gasteiger partial charge in [0.05, 0.1) is 0 Å². The highest BCUT2D eigenvalue weighted by molar-refractivity contribution is 6.81. The minimum Gasteiger partial charge on any atom is -0.508 e. The summed E-state index contributed by atoms with van der Waals surface area (Å²) in [6.45, 7) is 10.5. The van der Waals surface area contributed by atoms with Crippen LogP contribution in [0.15, 0.2) is 55.1 Å². The highest BCUT2D eigenvalue weighted by Gasteiger charge is 2.27. The summed E-state index contributed by atoms with van der Waals surface area (Å²) < 4.78 is 6.50. The van der Waals surface area contributed by atoms with E-state index in [1.165, 1.54) is 5.19 Å². The van der Waals surface area contributed by atoms with Gasteiger partial charge in [-0.05, 0) is 48.1 Å². The molecule has 2 nitrogen and oxygen atoms in total. The molecule has 0 aromatic heterocycles. The molecule has 0 bridgehead atoms. The molecule has 1 unspecified atom stereocenters.